The van der Waals surface area contributed by atoms with E-state index in [1.54, 1.807) is 7.11 Å². The van der Waals surface area contributed by atoms with Gasteiger partial charge in [0.1, 0.15) is 5.75 Å². The summed E-state index contributed by atoms with van der Waals surface area (Å²) in [6, 6.07) is 15.4. The summed E-state index contributed by atoms with van der Waals surface area (Å²) in [4.78, 5) is 12.2. The Hall–Kier alpha value is -2.33. The number of hydrogen-bond acceptors (Lipinski definition) is 3. The van der Waals surface area contributed by atoms with Crippen LogP contribution in [0.25, 0.3) is 0 Å². The van der Waals surface area contributed by atoms with Crippen LogP contribution in [0.2, 0.25) is 0 Å². The number of benzene rings is 2. The number of amides is 1. The smallest absolute Gasteiger partial charge is 0.223 e. The first kappa shape index (κ1) is 18.0. The van der Waals surface area contributed by atoms with Crippen LogP contribution in [0.4, 0.5) is 0 Å². The third-order valence-corrected chi connectivity index (χ3v) is 4.17. The lowest BCUT2D eigenvalue weighted by Gasteiger charge is -2.17. The van der Waals surface area contributed by atoms with E-state index in [-0.39, 0.29) is 18.4 Å². The van der Waals surface area contributed by atoms with Crippen LogP contribution in [-0.2, 0) is 11.2 Å². The molecule has 2 rings (SSSR count). The van der Waals surface area contributed by atoms with Crippen molar-refractivity contribution in [2.45, 2.75) is 26.4 Å². The molecule has 2 unspecified atom stereocenters. The standard InChI is InChI=1S/C20H25NO3/c1-14-6-4-5-7-18(14)19(22)13-21-20(23)15(2)12-16-8-10-17(24-3)11-9-16/h4-11,15,19,22H,12-13H2,1-3H3,(H,21,23). The summed E-state index contributed by atoms with van der Waals surface area (Å²) in [5, 5.41) is 13.1. The molecule has 0 saturated heterocycles. The van der Waals surface area contributed by atoms with Gasteiger partial charge in [0.25, 0.3) is 0 Å². The van der Waals surface area contributed by atoms with Gasteiger partial charge in [-0.25, -0.2) is 0 Å². The summed E-state index contributed by atoms with van der Waals surface area (Å²) in [5.74, 6) is 0.582. The van der Waals surface area contributed by atoms with Gasteiger partial charge in [-0.3, -0.25) is 4.79 Å². The lowest BCUT2D eigenvalue weighted by atomic mass is 9.99. The molecule has 0 heterocycles. The molecule has 4 nitrogen and oxygen atoms in total. The minimum absolute atomic E-state index is 0.0570. The van der Waals surface area contributed by atoms with E-state index in [1.165, 1.54) is 0 Å². The van der Waals surface area contributed by atoms with E-state index < -0.39 is 6.10 Å². The molecule has 0 aliphatic rings. The highest BCUT2D eigenvalue weighted by Gasteiger charge is 2.16. The normalized spacial score (nSPS) is 13.2. The van der Waals surface area contributed by atoms with Crippen molar-refractivity contribution in [1.82, 2.24) is 5.32 Å². The molecule has 128 valence electrons. The number of hydrogen-bond donors (Lipinski definition) is 2. The van der Waals surface area contributed by atoms with E-state index in [0.29, 0.717) is 6.42 Å². The zero-order chi connectivity index (χ0) is 17.5. The molecule has 0 aliphatic heterocycles. The second-order valence-corrected chi connectivity index (χ2v) is 6.07. The Morgan fingerprint density at radius 1 is 1.17 bits per heavy atom. The Morgan fingerprint density at radius 3 is 2.46 bits per heavy atom. The molecule has 2 aromatic carbocycles. The monoisotopic (exact) mass is 327 g/mol. The molecule has 4 heteroatoms. The average Bonchev–Trinajstić information content (AvgIpc) is 2.60. The number of carbonyl (C=O) groups is 1. The second kappa shape index (κ2) is 8.50. The number of rotatable bonds is 7. The Kier molecular flexibility index (Phi) is 6.38. The first-order valence-electron chi connectivity index (χ1n) is 8.15. The highest BCUT2D eigenvalue weighted by molar-refractivity contribution is 5.78. The van der Waals surface area contributed by atoms with Crippen molar-refractivity contribution in [3.8, 4) is 5.75 Å². The van der Waals surface area contributed by atoms with E-state index in [9.17, 15) is 9.90 Å². The summed E-state index contributed by atoms with van der Waals surface area (Å²) in [7, 11) is 1.63. The summed E-state index contributed by atoms with van der Waals surface area (Å²) in [5.41, 5.74) is 2.95. The summed E-state index contributed by atoms with van der Waals surface area (Å²) >= 11 is 0. The molecule has 2 N–H and O–H groups in total. The number of nitrogens with one attached hydrogen (secondary N) is 1. The third kappa shape index (κ3) is 4.83. The number of aryl methyl sites for hydroxylation is 1. The van der Waals surface area contributed by atoms with Gasteiger partial charge in [-0.05, 0) is 42.2 Å². The molecule has 0 spiro atoms. The predicted octanol–water partition coefficient (Wildman–Crippen LogP) is 3.03. The van der Waals surface area contributed by atoms with Gasteiger partial charge in [-0.2, -0.15) is 0 Å². The van der Waals surface area contributed by atoms with E-state index >= 15 is 0 Å². The van der Waals surface area contributed by atoms with Crippen molar-refractivity contribution in [2.24, 2.45) is 5.92 Å². The lowest BCUT2D eigenvalue weighted by Crippen LogP contribution is -2.33. The molecular weight excluding hydrogens is 302 g/mol. The van der Waals surface area contributed by atoms with Crippen molar-refractivity contribution in [1.29, 1.82) is 0 Å². The number of ether oxygens (including phenoxy) is 1. The summed E-state index contributed by atoms with van der Waals surface area (Å²) < 4.78 is 5.13. The Labute approximate surface area is 143 Å². The van der Waals surface area contributed by atoms with Gasteiger partial charge in [-0.15, -0.1) is 0 Å². The number of methoxy groups -OCH3 is 1. The van der Waals surface area contributed by atoms with Gasteiger partial charge in [0, 0.05) is 12.5 Å². The molecular formula is C20H25NO3. The quantitative estimate of drug-likeness (QED) is 0.822. The first-order chi connectivity index (χ1) is 11.5. The van der Waals surface area contributed by atoms with Crippen LogP contribution in [0.3, 0.4) is 0 Å². The van der Waals surface area contributed by atoms with E-state index in [0.717, 1.165) is 22.4 Å². The minimum Gasteiger partial charge on any atom is -0.497 e. The number of aliphatic hydroxyl groups is 1. The molecule has 2 aromatic rings. The molecule has 0 aromatic heterocycles. The lowest BCUT2D eigenvalue weighted by molar-refractivity contribution is -0.124. The zero-order valence-corrected chi connectivity index (χ0v) is 14.5. The summed E-state index contributed by atoms with van der Waals surface area (Å²) in [6.45, 7) is 4.06. The largest absolute Gasteiger partial charge is 0.497 e. The summed E-state index contributed by atoms with van der Waals surface area (Å²) in [6.07, 6.45) is -0.0423. The van der Waals surface area contributed by atoms with Gasteiger partial charge in [-0.1, -0.05) is 43.3 Å². The van der Waals surface area contributed by atoms with E-state index in [4.69, 9.17) is 4.74 Å². The van der Waals surface area contributed by atoms with Crippen LogP contribution in [0.5, 0.6) is 5.75 Å². The van der Waals surface area contributed by atoms with Crippen LogP contribution in [0.15, 0.2) is 48.5 Å². The predicted molar refractivity (Wildman–Crippen MR) is 95.0 cm³/mol. The molecule has 24 heavy (non-hydrogen) atoms. The fourth-order valence-corrected chi connectivity index (χ4v) is 2.65. The Balaban J connectivity index is 1.86. The number of carbonyl (C=O) groups excluding carboxylic acids is 1. The molecule has 0 bridgehead atoms. The first-order valence-corrected chi connectivity index (χ1v) is 8.15. The third-order valence-electron chi connectivity index (χ3n) is 4.17. The van der Waals surface area contributed by atoms with Crippen molar-refractivity contribution < 1.29 is 14.6 Å². The van der Waals surface area contributed by atoms with Gasteiger partial charge in [0.05, 0.1) is 13.2 Å². The maximum atomic E-state index is 12.2. The maximum absolute atomic E-state index is 12.2. The van der Waals surface area contributed by atoms with Gasteiger partial charge in [0.2, 0.25) is 5.91 Å². The molecule has 0 fully saturated rings. The molecule has 0 radical (unpaired) electrons. The second-order valence-electron chi connectivity index (χ2n) is 6.07. The van der Waals surface area contributed by atoms with Crippen LogP contribution in [-0.4, -0.2) is 24.7 Å². The molecule has 1 amide bonds. The minimum atomic E-state index is -0.691. The van der Waals surface area contributed by atoms with Gasteiger partial charge in [0.15, 0.2) is 0 Å². The average molecular weight is 327 g/mol. The maximum Gasteiger partial charge on any atom is 0.223 e. The molecule has 0 aliphatic carbocycles. The highest BCUT2D eigenvalue weighted by atomic mass is 16.5. The highest BCUT2D eigenvalue weighted by Crippen LogP contribution is 2.17. The zero-order valence-electron chi connectivity index (χ0n) is 14.5. The Morgan fingerprint density at radius 2 is 1.83 bits per heavy atom. The van der Waals surface area contributed by atoms with E-state index in [2.05, 4.69) is 5.32 Å². The van der Waals surface area contributed by atoms with Gasteiger partial charge < -0.3 is 15.2 Å². The van der Waals surface area contributed by atoms with Crippen LogP contribution >= 0.6 is 0 Å². The fourth-order valence-electron chi connectivity index (χ4n) is 2.65. The van der Waals surface area contributed by atoms with Crippen LogP contribution < -0.4 is 10.1 Å². The van der Waals surface area contributed by atoms with Gasteiger partial charge >= 0.3 is 0 Å². The fraction of sp³-hybridized carbons (Fsp3) is 0.350. The SMILES string of the molecule is COc1ccc(CC(C)C(=O)NCC(O)c2ccccc2C)cc1. The Bertz CT molecular complexity index is 667. The van der Waals surface area contributed by atoms with E-state index in [1.807, 2.05) is 62.4 Å². The molecule has 0 saturated carbocycles. The topological polar surface area (TPSA) is 58.6 Å². The van der Waals surface area contributed by atoms with Crippen molar-refractivity contribution in [3.63, 3.8) is 0 Å². The van der Waals surface area contributed by atoms with Crippen molar-refractivity contribution in [3.05, 3.63) is 65.2 Å². The van der Waals surface area contributed by atoms with Crippen LogP contribution in [0, 0.1) is 12.8 Å². The number of aliphatic hydroxyl groups excluding tert-OH is 1. The van der Waals surface area contributed by atoms with Crippen molar-refractivity contribution in [2.75, 3.05) is 13.7 Å². The van der Waals surface area contributed by atoms with Crippen molar-refractivity contribution >= 4 is 5.91 Å². The van der Waals surface area contributed by atoms with Crippen LogP contribution in [0.1, 0.15) is 29.7 Å². The molecule has 2 atom stereocenters.